The van der Waals surface area contributed by atoms with E-state index in [4.69, 9.17) is 17.2 Å². The lowest BCUT2D eigenvalue weighted by Gasteiger charge is -2.27. The number of carbonyl (C=O) groups is 10. The molecule has 27 nitrogen and oxygen atoms in total. The predicted molar refractivity (Wildman–Crippen MR) is 228 cm³/mol. The van der Waals surface area contributed by atoms with E-state index in [1.807, 2.05) is 0 Å². The third-order valence-corrected chi connectivity index (χ3v) is 9.53. The molecule has 1 rings (SSSR count). The maximum absolute atomic E-state index is 13.6. The van der Waals surface area contributed by atoms with Crippen LogP contribution in [-0.4, -0.2) is 177 Å². The van der Waals surface area contributed by atoms with Crippen molar-refractivity contribution in [3.63, 3.8) is 0 Å². The first-order chi connectivity index (χ1) is 31.0. The zero-order valence-electron chi connectivity index (χ0n) is 36.7. The number of hydrogen-bond acceptors (Lipinski definition) is 17. The number of aliphatic hydroxyl groups excluding tert-OH is 4. The van der Waals surface area contributed by atoms with Crippen LogP contribution in [0.5, 0.6) is 5.75 Å². The van der Waals surface area contributed by atoms with E-state index in [9.17, 15) is 78.6 Å². The Labute approximate surface area is 378 Å². The van der Waals surface area contributed by atoms with Crippen molar-refractivity contribution in [2.45, 2.75) is 107 Å². The number of benzene rings is 1. The number of unbranched alkanes of at least 4 members (excludes halogenated alkanes) is 1. The van der Waals surface area contributed by atoms with Crippen LogP contribution in [0.25, 0.3) is 0 Å². The molecule has 0 saturated heterocycles. The standard InChI is InChI=1S/C39H63N11O16/c1-18(2)30(50-32(58)22(41)13-28(42)56)37(63)47-27(17-53)36(62)45-24(12-20-7-9-21(55)10-8-20)34(60)46-25(15-51)33(59)43-14-29(57)49-31(19(3)54)38(64)48-26(16-52)35(61)44-23(39(65)66)6-4-5-11-40/h7-10,18-19,22-27,30-31,51-55H,4-6,11-17,40-41H2,1-3H3,(H2,42,56)(H,43,59)(H,44,61)(H,45,62)(H,46,60)(H,47,63)(H,48,64)(H,49,57)(H,50,58)(H,65,66)/t19-,22+,23+,24+,25+,26+,27+,30+,31+/m1/s1. The fourth-order valence-electron chi connectivity index (χ4n) is 5.77. The van der Waals surface area contributed by atoms with Gasteiger partial charge < -0.3 is 90.4 Å². The highest BCUT2D eigenvalue weighted by atomic mass is 16.4. The second kappa shape index (κ2) is 29.1. The van der Waals surface area contributed by atoms with Crippen LogP contribution in [0, 0.1) is 5.92 Å². The first kappa shape index (κ1) is 57.5. The highest BCUT2D eigenvalue weighted by Gasteiger charge is 2.34. The highest BCUT2D eigenvalue weighted by molar-refractivity contribution is 5.98. The number of aliphatic hydroxyl groups is 4. The molecule has 0 heterocycles. The Balaban J connectivity index is 3.10. The van der Waals surface area contributed by atoms with Gasteiger partial charge in [-0.05, 0) is 56.3 Å². The summed E-state index contributed by atoms with van der Waals surface area (Å²) < 4.78 is 0. The van der Waals surface area contributed by atoms with E-state index in [1.165, 1.54) is 38.1 Å². The van der Waals surface area contributed by atoms with Crippen LogP contribution in [-0.2, 0) is 54.4 Å². The quantitative estimate of drug-likeness (QED) is 0.0319. The van der Waals surface area contributed by atoms with Crippen molar-refractivity contribution < 1.29 is 78.6 Å². The van der Waals surface area contributed by atoms with E-state index in [1.54, 1.807) is 0 Å². The number of phenols is 1. The van der Waals surface area contributed by atoms with Gasteiger partial charge in [-0.2, -0.15) is 0 Å². The summed E-state index contributed by atoms with van der Waals surface area (Å²) in [4.78, 5) is 127. The lowest BCUT2D eigenvalue weighted by atomic mass is 10.0. The van der Waals surface area contributed by atoms with Gasteiger partial charge in [-0.25, -0.2) is 4.79 Å². The number of rotatable bonds is 30. The topological polar surface area (TPSA) is 466 Å². The molecular weight excluding hydrogens is 878 g/mol. The molecule has 0 radical (unpaired) electrons. The van der Waals surface area contributed by atoms with E-state index in [0.29, 0.717) is 18.4 Å². The first-order valence-electron chi connectivity index (χ1n) is 20.6. The minimum atomic E-state index is -1.79. The minimum Gasteiger partial charge on any atom is -0.508 e. The minimum absolute atomic E-state index is 0.00405. The number of hydrogen-bond donors (Lipinski definition) is 17. The third kappa shape index (κ3) is 20.1. The van der Waals surface area contributed by atoms with Crippen LogP contribution < -0.4 is 59.7 Å². The number of carboxylic acid groups (broad SMARTS) is 1. The number of aromatic hydroxyl groups is 1. The molecule has 0 unspecified atom stereocenters. The summed E-state index contributed by atoms with van der Waals surface area (Å²) in [5, 5.41) is 76.9. The molecule has 0 bridgehead atoms. The summed E-state index contributed by atoms with van der Waals surface area (Å²) in [6.45, 7) is 0.421. The maximum Gasteiger partial charge on any atom is 0.326 e. The molecule has 1 aromatic carbocycles. The predicted octanol–water partition coefficient (Wildman–Crippen LogP) is -8.13. The van der Waals surface area contributed by atoms with Gasteiger partial charge in [0.25, 0.3) is 0 Å². The molecule has 0 fully saturated rings. The molecule has 370 valence electrons. The Bertz CT molecular complexity index is 1830. The van der Waals surface area contributed by atoms with E-state index < -0.39 is 152 Å². The van der Waals surface area contributed by atoms with E-state index >= 15 is 0 Å². The van der Waals surface area contributed by atoms with Crippen LogP contribution >= 0.6 is 0 Å². The summed E-state index contributed by atoms with van der Waals surface area (Å²) in [5.41, 5.74) is 16.5. The molecule has 0 aliphatic rings. The number of carbonyl (C=O) groups excluding carboxylic acids is 9. The molecule has 27 heteroatoms. The van der Waals surface area contributed by atoms with Crippen LogP contribution in [0.2, 0.25) is 0 Å². The molecule has 0 aliphatic heterocycles. The summed E-state index contributed by atoms with van der Waals surface area (Å²) in [6, 6.07) is -7.43. The van der Waals surface area contributed by atoms with Crippen molar-refractivity contribution >= 4 is 59.1 Å². The molecule has 0 spiro atoms. The fraction of sp³-hybridized carbons (Fsp3) is 0.590. The lowest BCUT2D eigenvalue weighted by Crippen LogP contribution is -2.61. The van der Waals surface area contributed by atoms with E-state index in [0.717, 1.165) is 6.92 Å². The van der Waals surface area contributed by atoms with Crippen LogP contribution in [0.15, 0.2) is 24.3 Å². The van der Waals surface area contributed by atoms with Crippen molar-refractivity contribution in [2.24, 2.45) is 23.1 Å². The molecule has 1 aromatic rings. The van der Waals surface area contributed by atoms with Crippen molar-refractivity contribution in [3.05, 3.63) is 29.8 Å². The van der Waals surface area contributed by atoms with Gasteiger partial charge in [-0.3, -0.25) is 43.2 Å². The Morgan fingerprint density at radius 3 is 1.55 bits per heavy atom. The number of aliphatic carboxylic acids is 1. The zero-order valence-corrected chi connectivity index (χ0v) is 36.7. The number of phenolic OH excluding ortho intramolecular Hbond substituents is 1. The molecule has 0 saturated carbocycles. The van der Waals surface area contributed by atoms with Gasteiger partial charge >= 0.3 is 5.97 Å². The Kier molecular flexibility index (Phi) is 25.4. The van der Waals surface area contributed by atoms with Gasteiger partial charge in [0.1, 0.15) is 48.0 Å². The smallest absolute Gasteiger partial charge is 0.326 e. The summed E-state index contributed by atoms with van der Waals surface area (Å²) >= 11 is 0. The normalized spacial score (nSPS) is 15.1. The van der Waals surface area contributed by atoms with Crippen molar-refractivity contribution in [1.82, 2.24) is 42.5 Å². The van der Waals surface area contributed by atoms with Gasteiger partial charge in [0.05, 0.1) is 44.9 Å². The van der Waals surface area contributed by atoms with Gasteiger partial charge in [0.15, 0.2) is 0 Å². The first-order valence-corrected chi connectivity index (χ1v) is 20.6. The number of nitrogens with two attached hydrogens (primary N) is 3. The van der Waals surface area contributed by atoms with Gasteiger partial charge in [-0.1, -0.05) is 26.0 Å². The molecule has 0 aliphatic carbocycles. The van der Waals surface area contributed by atoms with Crippen molar-refractivity contribution in [2.75, 3.05) is 32.9 Å². The zero-order chi connectivity index (χ0) is 50.3. The van der Waals surface area contributed by atoms with Crippen molar-refractivity contribution in [1.29, 1.82) is 0 Å². The molecule has 20 N–H and O–H groups in total. The average molecular weight is 942 g/mol. The Morgan fingerprint density at radius 1 is 0.606 bits per heavy atom. The number of primary amides is 1. The van der Waals surface area contributed by atoms with Crippen LogP contribution in [0.1, 0.15) is 52.0 Å². The second-order valence-corrected chi connectivity index (χ2v) is 15.4. The van der Waals surface area contributed by atoms with Gasteiger partial charge in [0.2, 0.25) is 53.2 Å². The average Bonchev–Trinajstić information content (AvgIpc) is 3.25. The fourth-order valence-corrected chi connectivity index (χ4v) is 5.77. The van der Waals surface area contributed by atoms with E-state index in [2.05, 4.69) is 42.5 Å². The lowest BCUT2D eigenvalue weighted by molar-refractivity contribution is -0.143. The molecular formula is C39H63N11O16. The van der Waals surface area contributed by atoms with Crippen molar-refractivity contribution in [3.8, 4) is 5.75 Å². The van der Waals surface area contributed by atoms with Crippen LogP contribution in [0.4, 0.5) is 0 Å². The third-order valence-electron chi connectivity index (χ3n) is 9.53. The summed E-state index contributed by atoms with van der Waals surface area (Å²) in [7, 11) is 0. The largest absolute Gasteiger partial charge is 0.508 e. The van der Waals surface area contributed by atoms with Gasteiger partial charge in [0, 0.05) is 6.42 Å². The number of nitrogens with one attached hydrogen (secondary N) is 8. The SMILES string of the molecule is CC(C)[C@H](NC(=O)[C@@H](N)CC(N)=O)C(=O)N[C@@H](CO)C(=O)N[C@@H](Cc1ccc(O)cc1)C(=O)N[C@@H](CO)C(=O)NCC(=O)N[C@H](C(=O)N[C@@H](CO)C(=O)N[C@@H](CCCCN)C(=O)O)[C@@H](C)O. The molecule has 0 aromatic heterocycles. The molecule has 9 amide bonds. The van der Waals surface area contributed by atoms with E-state index in [-0.39, 0.29) is 25.1 Å². The maximum atomic E-state index is 13.6. The second-order valence-electron chi connectivity index (χ2n) is 15.4. The van der Waals surface area contributed by atoms with Gasteiger partial charge in [-0.15, -0.1) is 0 Å². The monoisotopic (exact) mass is 941 g/mol. The number of amides is 9. The highest BCUT2D eigenvalue weighted by Crippen LogP contribution is 2.12. The Morgan fingerprint density at radius 2 is 1.08 bits per heavy atom. The molecule has 66 heavy (non-hydrogen) atoms. The number of carboxylic acids is 1. The summed E-state index contributed by atoms with van der Waals surface area (Å²) in [6.07, 6.45) is -1.68. The van der Waals surface area contributed by atoms with Crippen LogP contribution in [0.3, 0.4) is 0 Å². The summed E-state index contributed by atoms with van der Waals surface area (Å²) in [5.74, 6) is -11.7. The molecule has 9 atom stereocenters. The Hall–Kier alpha value is -6.52.